The Kier molecular flexibility index (Phi) is 4.29. The van der Waals surface area contributed by atoms with E-state index in [0.717, 1.165) is 0 Å². The highest BCUT2D eigenvalue weighted by molar-refractivity contribution is 7.17. The molecule has 0 radical (unpaired) electrons. The molecule has 0 N–H and O–H groups in total. The average molecular weight is 294 g/mol. The van der Waals surface area contributed by atoms with Crippen LogP contribution in [0.3, 0.4) is 0 Å². The summed E-state index contributed by atoms with van der Waals surface area (Å²) in [5.41, 5.74) is 0.594. The number of aromatic nitrogens is 1. The lowest BCUT2D eigenvalue weighted by atomic mass is 10.1. The van der Waals surface area contributed by atoms with Crippen LogP contribution < -0.4 is 0 Å². The van der Waals surface area contributed by atoms with Gasteiger partial charge >= 0.3 is 0 Å². The van der Waals surface area contributed by atoms with Crippen molar-refractivity contribution in [2.75, 3.05) is 14.1 Å². The van der Waals surface area contributed by atoms with Gasteiger partial charge in [0.15, 0.2) is 0 Å². The first kappa shape index (κ1) is 13.7. The van der Waals surface area contributed by atoms with Crippen LogP contribution in [0, 0.1) is 0 Å². The summed E-state index contributed by atoms with van der Waals surface area (Å²) < 4.78 is 0. The van der Waals surface area contributed by atoms with Crippen LogP contribution in [-0.4, -0.2) is 36.1 Å². The zero-order chi connectivity index (χ0) is 13.8. The Morgan fingerprint density at radius 2 is 2.05 bits per heavy atom. The molecule has 4 nitrogen and oxygen atoms in total. The molecule has 19 heavy (non-hydrogen) atoms. The molecular formula is C13H12ClN3OS. The summed E-state index contributed by atoms with van der Waals surface area (Å²) in [4.78, 5) is 22.8. The number of rotatable bonds is 4. The first-order chi connectivity index (χ1) is 9.06. The molecule has 0 saturated carbocycles. The van der Waals surface area contributed by atoms with E-state index < -0.39 is 0 Å². The van der Waals surface area contributed by atoms with Gasteiger partial charge in [-0.2, -0.15) is 0 Å². The van der Waals surface area contributed by atoms with Crippen molar-refractivity contribution < 1.29 is 4.79 Å². The van der Waals surface area contributed by atoms with Crippen LogP contribution >= 0.6 is 22.9 Å². The standard InChI is InChI=1S/C13H12ClN3OS/c1-17(2)8-16-13-15-7-11(19-13)12(18)9-3-5-10(14)6-4-9/h3-8H,1-2H3/b16-8+. The van der Waals surface area contributed by atoms with Gasteiger partial charge in [-0.05, 0) is 24.3 Å². The van der Waals surface area contributed by atoms with E-state index in [0.29, 0.717) is 20.6 Å². The fourth-order valence-electron chi connectivity index (χ4n) is 1.34. The van der Waals surface area contributed by atoms with Crippen LogP contribution in [-0.2, 0) is 0 Å². The van der Waals surface area contributed by atoms with Crippen LogP contribution in [0.15, 0.2) is 35.5 Å². The summed E-state index contributed by atoms with van der Waals surface area (Å²) in [6.07, 6.45) is 3.19. The molecule has 1 heterocycles. The number of hydrogen-bond donors (Lipinski definition) is 0. The predicted molar refractivity (Wildman–Crippen MR) is 78.8 cm³/mol. The van der Waals surface area contributed by atoms with Gasteiger partial charge in [0.2, 0.25) is 10.9 Å². The van der Waals surface area contributed by atoms with E-state index in [9.17, 15) is 4.79 Å². The minimum atomic E-state index is -0.0690. The van der Waals surface area contributed by atoms with Gasteiger partial charge in [-0.3, -0.25) is 4.79 Å². The number of aliphatic imine (C=N–C) groups is 1. The van der Waals surface area contributed by atoms with Gasteiger partial charge in [-0.15, -0.1) is 0 Å². The molecule has 1 aromatic heterocycles. The van der Waals surface area contributed by atoms with Crippen LogP contribution in [0.2, 0.25) is 5.02 Å². The highest BCUT2D eigenvalue weighted by atomic mass is 35.5. The Morgan fingerprint density at radius 3 is 2.68 bits per heavy atom. The van der Waals surface area contributed by atoms with Crippen LogP contribution in [0.25, 0.3) is 0 Å². The molecule has 1 aromatic carbocycles. The SMILES string of the molecule is CN(C)/C=N/c1ncc(C(=O)c2ccc(Cl)cc2)s1. The first-order valence-corrected chi connectivity index (χ1v) is 6.72. The fraction of sp³-hybridized carbons (Fsp3) is 0.154. The molecule has 2 rings (SSSR count). The zero-order valence-corrected chi connectivity index (χ0v) is 12.1. The summed E-state index contributed by atoms with van der Waals surface area (Å²) in [5, 5.41) is 1.17. The Balaban J connectivity index is 2.18. The average Bonchev–Trinajstić information content (AvgIpc) is 2.85. The topological polar surface area (TPSA) is 45.6 Å². The van der Waals surface area contributed by atoms with Crippen LogP contribution in [0.4, 0.5) is 5.13 Å². The van der Waals surface area contributed by atoms with Crippen molar-refractivity contribution in [3.05, 3.63) is 45.9 Å². The van der Waals surface area contributed by atoms with Crippen molar-refractivity contribution in [1.29, 1.82) is 0 Å². The van der Waals surface area contributed by atoms with Gasteiger partial charge in [0.1, 0.15) is 0 Å². The second-order valence-electron chi connectivity index (χ2n) is 4.05. The molecule has 0 aliphatic heterocycles. The van der Waals surface area contributed by atoms with Gasteiger partial charge in [0.05, 0.1) is 17.4 Å². The summed E-state index contributed by atoms with van der Waals surface area (Å²) in [6.45, 7) is 0. The number of halogens is 1. The largest absolute Gasteiger partial charge is 0.369 e. The predicted octanol–water partition coefficient (Wildman–Crippen LogP) is 3.25. The molecule has 0 saturated heterocycles. The number of benzene rings is 1. The second-order valence-corrected chi connectivity index (χ2v) is 5.50. The second kappa shape index (κ2) is 5.95. The van der Waals surface area contributed by atoms with Crippen molar-refractivity contribution in [3.8, 4) is 0 Å². The highest BCUT2D eigenvalue weighted by Gasteiger charge is 2.12. The molecule has 6 heteroatoms. The number of thiazole rings is 1. The molecule has 0 unspecified atom stereocenters. The van der Waals surface area contributed by atoms with Crippen LogP contribution in [0.1, 0.15) is 15.2 Å². The monoisotopic (exact) mass is 293 g/mol. The van der Waals surface area contributed by atoms with Crippen molar-refractivity contribution in [2.24, 2.45) is 4.99 Å². The Labute approximate surface area is 120 Å². The number of carbonyl (C=O) groups excluding carboxylic acids is 1. The number of nitrogens with zero attached hydrogens (tertiary/aromatic N) is 3. The van der Waals surface area contributed by atoms with Gasteiger partial charge in [-0.25, -0.2) is 9.98 Å². The third kappa shape index (κ3) is 3.62. The van der Waals surface area contributed by atoms with E-state index >= 15 is 0 Å². The van der Waals surface area contributed by atoms with E-state index in [1.807, 2.05) is 19.0 Å². The fourth-order valence-corrected chi connectivity index (χ4v) is 2.18. The van der Waals surface area contributed by atoms with E-state index in [1.165, 1.54) is 11.3 Å². The molecule has 0 fully saturated rings. The van der Waals surface area contributed by atoms with Crippen molar-refractivity contribution in [3.63, 3.8) is 0 Å². The molecule has 0 spiro atoms. The summed E-state index contributed by atoms with van der Waals surface area (Å²) in [7, 11) is 3.74. The maximum Gasteiger partial charge on any atom is 0.211 e. The Morgan fingerprint density at radius 1 is 1.37 bits per heavy atom. The van der Waals surface area contributed by atoms with Gasteiger partial charge in [0.25, 0.3) is 0 Å². The molecule has 98 valence electrons. The molecule has 0 atom stereocenters. The van der Waals surface area contributed by atoms with E-state index in [4.69, 9.17) is 11.6 Å². The smallest absolute Gasteiger partial charge is 0.211 e. The van der Waals surface area contributed by atoms with Gasteiger partial charge < -0.3 is 4.90 Å². The van der Waals surface area contributed by atoms with Crippen molar-refractivity contribution in [1.82, 2.24) is 9.88 Å². The highest BCUT2D eigenvalue weighted by Crippen LogP contribution is 2.23. The minimum absolute atomic E-state index is 0.0690. The number of carbonyl (C=O) groups is 1. The lowest BCUT2D eigenvalue weighted by Crippen LogP contribution is -2.06. The minimum Gasteiger partial charge on any atom is -0.369 e. The summed E-state index contributed by atoms with van der Waals surface area (Å²) in [5.74, 6) is -0.0690. The Hall–Kier alpha value is -1.72. The summed E-state index contributed by atoms with van der Waals surface area (Å²) in [6, 6.07) is 6.79. The quantitative estimate of drug-likeness (QED) is 0.494. The third-order valence-corrected chi connectivity index (χ3v) is 3.38. The van der Waals surface area contributed by atoms with E-state index in [1.54, 1.807) is 36.8 Å². The van der Waals surface area contributed by atoms with Crippen LogP contribution in [0.5, 0.6) is 0 Å². The summed E-state index contributed by atoms with van der Waals surface area (Å²) >= 11 is 7.06. The van der Waals surface area contributed by atoms with E-state index in [2.05, 4.69) is 9.98 Å². The number of hydrogen-bond acceptors (Lipinski definition) is 4. The molecule has 0 bridgehead atoms. The molecule has 0 aliphatic rings. The molecule has 0 aliphatic carbocycles. The normalized spacial score (nSPS) is 10.9. The van der Waals surface area contributed by atoms with Gasteiger partial charge in [0, 0.05) is 24.7 Å². The molecule has 2 aromatic rings. The van der Waals surface area contributed by atoms with Gasteiger partial charge in [-0.1, -0.05) is 22.9 Å². The third-order valence-electron chi connectivity index (χ3n) is 2.22. The molecular weight excluding hydrogens is 282 g/mol. The van der Waals surface area contributed by atoms with Crippen molar-refractivity contribution in [2.45, 2.75) is 0 Å². The van der Waals surface area contributed by atoms with E-state index in [-0.39, 0.29) is 5.78 Å². The lowest BCUT2D eigenvalue weighted by molar-refractivity contribution is 0.104. The number of ketones is 1. The zero-order valence-electron chi connectivity index (χ0n) is 10.5. The Bertz CT molecular complexity index is 605. The molecule has 0 amide bonds. The maximum absolute atomic E-state index is 12.2. The lowest BCUT2D eigenvalue weighted by Gasteiger charge is -1.99. The first-order valence-electron chi connectivity index (χ1n) is 5.53. The van der Waals surface area contributed by atoms with Crippen molar-refractivity contribution >= 4 is 40.2 Å². The maximum atomic E-state index is 12.2.